The molecule has 0 bridgehead atoms. The van der Waals surface area contributed by atoms with Crippen LogP contribution in [0, 0.1) is 28.6 Å². The molecular weight excluding hydrogens is 228 g/mol. The number of hydrogen-bond acceptors (Lipinski definition) is 0. The molecule has 0 aromatic heterocycles. The highest BCUT2D eigenvalue weighted by Crippen LogP contribution is 2.45. The van der Waals surface area contributed by atoms with Crippen LogP contribution in [0.1, 0.15) is 94.4 Å². The summed E-state index contributed by atoms with van der Waals surface area (Å²) in [6.45, 7) is 21.7. The summed E-state index contributed by atoms with van der Waals surface area (Å²) in [7, 11) is 0. The van der Waals surface area contributed by atoms with Gasteiger partial charge in [-0.1, -0.05) is 81.6 Å². The van der Waals surface area contributed by atoms with Crippen molar-refractivity contribution in [3.8, 4) is 0 Å². The van der Waals surface area contributed by atoms with Crippen molar-refractivity contribution in [3.63, 3.8) is 0 Å². The Hall–Kier alpha value is 0. The Kier molecular flexibility index (Phi) is 7.70. The molecule has 0 aromatic rings. The van der Waals surface area contributed by atoms with Gasteiger partial charge in [0.2, 0.25) is 0 Å². The molecule has 2 unspecified atom stereocenters. The van der Waals surface area contributed by atoms with E-state index in [0.29, 0.717) is 10.8 Å². The van der Waals surface area contributed by atoms with Gasteiger partial charge in [-0.15, -0.1) is 0 Å². The van der Waals surface area contributed by atoms with E-state index < -0.39 is 0 Å². The van der Waals surface area contributed by atoms with Gasteiger partial charge in [0.1, 0.15) is 0 Å². The molecule has 0 aliphatic heterocycles. The third-order valence-electron chi connectivity index (χ3n) is 4.93. The summed E-state index contributed by atoms with van der Waals surface area (Å²) in [5.74, 6) is 2.49. The number of unbranched alkanes of at least 4 members (excludes halogenated alkanes) is 1. The smallest absolute Gasteiger partial charge is 0.0295 e. The van der Waals surface area contributed by atoms with Gasteiger partial charge in [0.05, 0.1) is 0 Å². The highest BCUT2D eigenvalue weighted by Gasteiger charge is 2.35. The van der Waals surface area contributed by atoms with Gasteiger partial charge in [0.25, 0.3) is 0 Å². The van der Waals surface area contributed by atoms with Gasteiger partial charge >= 0.3 is 0 Å². The Morgan fingerprint density at radius 2 is 1.42 bits per heavy atom. The van der Waals surface area contributed by atoms with Crippen molar-refractivity contribution < 1.29 is 0 Å². The van der Waals surface area contributed by atoms with Crippen LogP contribution in [0.15, 0.2) is 0 Å². The minimum atomic E-state index is 0.436. The average Bonchev–Trinajstić information content (AvgIpc) is 2.21. The summed E-state index contributed by atoms with van der Waals surface area (Å²) >= 11 is 0. The highest BCUT2D eigenvalue weighted by molar-refractivity contribution is 4.86. The first-order chi connectivity index (χ1) is 8.52. The lowest BCUT2D eigenvalue weighted by Crippen LogP contribution is -2.32. The fourth-order valence-corrected chi connectivity index (χ4v) is 3.46. The van der Waals surface area contributed by atoms with E-state index in [-0.39, 0.29) is 0 Å². The predicted molar refractivity (Wildman–Crippen MR) is 89.5 cm³/mol. The van der Waals surface area contributed by atoms with Crippen molar-refractivity contribution in [2.75, 3.05) is 0 Å². The van der Waals surface area contributed by atoms with E-state index in [4.69, 9.17) is 0 Å². The minimum absolute atomic E-state index is 0.436. The second-order valence-corrected chi connectivity index (χ2v) is 8.90. The molecule has 0 nitrogen and oxygen atoms in total. The lowest BCUT2D eigenvalue weighted by molar-refractivity contribution is 0.0798. The quantitative estimate of drug-likeness (QED) is 0.447. The third-order valence-corrected chi connectivity index (χ3v) is 4.93. The molecule has 19 heavy (non-hydrogen) atoms. The predicted octanol–water partition coefficient (Wildman–Crippen LogP) is 6.94. The second-order valence-electron chi connectivity index (χ2n) is 8.90. The maximum absolute atomic E-state index is 2.53. The van der Waals surface area contributed by atoms with Gasteiger partial charge in [-0.25, -0.2) is 0 Å². The van der Waals surface area contributed by atoms with E-state index in [1.807, 2.05) is 0 Å². The molecular formula is C19H40. The van der Waals surface area contributed by atoms with Crippen molar-refractivity contribution in [3.05, 3.63) is 0 Å². The zero-order chi connectivity index (χ0) is 15.3. The van der Waals surface area contributed by atoms with Crippen molar-refractivity contribution in [2.45, 2.75) is 94.4 Å². The molecule has 0 N–H and O–H groups in total. The summed E-state index contributed by atoms with van der Waals surface area (Å²) < 4.78 is 0. The molecule has 0 spiro atoms. The Morgan fingerprint density at radius 1 is 0.895 bits per heavy atom. The van der Waals surface area contributed by atoms with Crippen LogP contribution in [-0.2, 0) is 0 Å². The molecule has 0 heterocycles. The largest absolute Gasteiger partial charge is 0.0654 e. The molecule has 0 saturated heterocycles. The van der Waals surface area contributed by atoms with E-state index in [0.717, 1.165) is 17.8 Å². The molecule has 0 fully saturated rings. The zero-order valence-corrected chi connectivity index (χ0v) is 15.3. The lowest BCUT2D eigenvalue weighted by atomic mass is 9.63. The molecule has 0 heteroatoms. The molecule has 0 amide bonds. The lowest BCUT2D eigenvalue weighted by Gasteiger charge is -2.42. The Morgan fingerprint density at radius 3 is 1.74 bits per heavy atom. The zero-order valence-electron chi connectivity index (χ0n) is 15.3. The van der Waals surface area contributed by atoms with Crippen LogP contribution in [0.25, 0.3) is 0 Å². The second kappa shape index (κ2) is 7.70. The van der Waals surface area contributed by atoms with Crippen LogP contribution in [0.2, 0.25) is 0 Å². The van der Waals surface area contributed by atoms with Crippen LogP contribution >= 0.6 is 0 Å². The fourth-order valence-electron chi connectivity index (χ4n) is 3.46. The SMILES string of the molecule is CCCCC(CC(C)(CC(C)(C)C)C(C)C)C(C)C. The van der Waals surface area contributed by atoms with Crippen LogP contribution in [0.5, 0.6) is 0 Å². The monoisotopic (exact) mass is 268 g/mol. The summed E-state index contributed by atoms with van der Waals surface area (Å²) in [5.41, 5.74) is 0.923. The van der Waals surface area contributed by atoms with E-state index in [2.05, 4.69) is 62.3 Å². The van der Waals surface area contributed by atoms with Crippen molar-refractivity contribution >= 4 is 0 Å². The van der Waals surface area contributed by atoms with Crippen LogP contribution in [-0.4, -0.2) is 0 Å². The summed E-state index contributed by atoms with van der Waals surface area (Å²) in [6, 6.07) is 0. The summed E-state index contributed by atoms with van der Waals surface area (Å²) in [4.78, 5) is 0. The third kappa shape index (κ3) is 7.37. The Labute approximate surface area is 123 Å². The Bertz CT molecular complexity index is 231. The van der Waals surface area contributed by atoms with Gasteiger partial charge in [0.15, 0.2) is 0 Å². The number of hydrogen-bond donors (Lipinski definition) is 0. The summed E-state index contributed by atoms with van der Waals surface area (Å²) in [6.07, 6.45) is 6.89. The molecule has 0 rings (SSSR count). The van der Waals surface area contributed by atoms with Crippen LogP contribution in [0.4, 0.5) is 0 Å². The van der Waals surface area contributed by atoms with Gasteiger partial charge in [-0.3, -0.25) is 0 Å². The molecule has 0 radical (unpaired) electrons. The first-order valence-electron chi connectivity index (χ1n) is 8.52. The molecule has 0 saturated carbocycles. The van der Waals surface area contributed by atoms with E-state index in [9.17, 15) is 0 Å². The average molecular weight is 269 g/mol. The molecule has 0 aliphatic carbocycles. The van der Waals surface area contributed by atoms with Crippen molar-refractivity contribution in [2.24, 2.45) is 28.6 Å². The number of rotatable bonds is 8. The fraction of sp³-hybridized carbons (Fsp3) is 1.00. The molecule has 2 atom stereocenters. The normalized spacial score (nSPS) is 17.8. The van der Waals surface area contributed by atoms with Crippen molar-refractivity contribution in [1.82, 2.24) is 0 Å². The van der Waals surface area contributed by atoms with Crippen LogP contribution < -0.4 is 0 Å². The maximum atomic E-state index is 2.53. The summed E-state index contributed by atoms with van der Waals surface area (Å²) in [5, 5.41) is 0. The topological polar surface area (TPSA) is 0 Å². The van der Waals surface area contributed by atoms with Gasteiger partial charge < -0.3 is 0 Å². The highest BCUT2D eigenvalue weighted by atomic mass is 14.4. The van der Waals surface area contributed by atoms with Gasteiger partial charge in [0, 0.05) is 0 Å². The maximum Gasteiger partial charge on any atom is -0.0295 e. The first kappa shape index (κ1) is 19.0. The van der Waals surface area contributed by atoms with E-state index in [1.165, 1.54) is 32.1 Å². The van der Waals surface area contributed by atoms with Crippen molar-refractivity contribution in [1.29, 1.82) is 0 Å². The van der Waals surface area contributed by atoms with E-state index >= 15 is 0 Å². The van der Waals surface area contributed by atoms with Crippen LogP contribution in [0.3, 0.4) is 0 Å². The molecule has 0 aromatic carbocycles. The van der Waals surface area contributed by atoms with E-state index in [1.54, 1.807) is 0 Å². The molecule has 0 aliphatic rings. The minimum Gasteiger partial charge on any atom is -0.0654 e. The standard InChI is InChI=1S/C19H40/c1-10-11-12-17(15(2)3)13-19(9,16(4)5)14-18(6,7)8/h15-17H,10-14H2,1-9H3. The first-order valence-corrected chi connectivity index (χ1v) is 8.52. The van der Waals surface area contributed by atoms with Gasteiger partial charge in [-0.05, 0) is 41.4 Å². The molecule has 116 valence electrons. The van der Waals surface area contributed by atoms with Gasteiger partial charge in [-0.2, -0.15) is 0 Å². The Balaban J connectivity index is 4.87.